The van der Waals surface area contributed by atoms with Crippen LogP contribution >= 0.6 is 22.6 Å². The summed E-state index contributed by atoms with van der Waals surface area (Å²) in [5.41, 5.74) is -0.895. The second-order valence-corrected chi connectivity index (χ2v) is 4.31. The normalized spacial score (nSPS) is 14.0. The van der Waals surface area contributed by atoms with Gasteiger partial charge in [0.15, 0.2) is 5.78 Å². The molecule has 0 spiro atoms. The van der Waals surface area contributed by atoms with Gasteiger partial charge in [-0.05, 0) is 41.6 Å². The molecule has 0 aliphatic rings. The van der Waals surface area contributed by atoms with E-state index in [4.69, 9.17) is 10.00 Å². The van der Waals surface area contributed by atoms with Gasteiger partial charge in [0.05, 0.1) is 0 Å². The summed E-state index contributed by atoms with van der Waals surface area (Å²) in [4.78, 5) is 11.5. The number of Topliss-reactive ketones (excluding diaryl/α,β-unsaturated/α-hetero) is 1. The molecule has 0 bridgehead atoms. The maximum Gasteiger partial charge on any atom is 0.238 e. The molecule has 1 aromatic carbocycles. The van der Waals surface area contributed by atoms with Crippen LogP contribution in [-0.2, 0) is 15.1 Å². The fourth-order valence-corrected chi connectivity index (χ4v) is 1.90. The Kier molecular flexibility index (Phi) is 3.83. The van der Waals surface area contributed by atoms with Crippen molar-refractivity contribution in [2.45, 2.75) is 12.5 Å². The fraction of sp³-hybridized carbons (Fsp3) is 0.273. The third-order valence-electron chi connectivity index (χ3n) is 2.19. The van der Waals surface area contributed by atoms with Crippen molar-refractivity contribution in [3.05, 3.63) is 33.4 Å². The molecule has 0 saturated heterocycles. The van der Waals surface area contributed by atoms with Gasteiger partial charge in [-0.2, -0.15) is 5.26 Å². The second-order valence-electron chi connectivity index (χ2n) is 3.06. The minimum atomic E-state index is -1.47. The van der Waals surface area contributed by atoms with Crippen molar-refractivity contribution in [1.82, 2.24) is 0 Å². The molecule has 0 heterocycles. The summed E-state index contributed by atoms with van der Waals surface area (Å²) in [7, 11) is 1.37. The first-order chi connectivity index (χ1) is 7.06. The zero-order valence-corrected chi connectivity index (χ0v) is 10.6. The van der Waals surface area contributed by atoms with Gasteiger partial charge in [-0.1, -0.05) is 12.1 Å². The van der Waals surface area contributed by atoms with E-state index >= 15 is 0 Å². The summed E-state index contributed by atoms with van der Waals surface area (Å²) >= 11 is 2.13. The van der Waals surface area contributed by atoms with Crippen molar-refractivity contribution in [3.8, 4) is 6.07 Å². The van der Waals surface area contributed by atoms with Crippen LogP contribution in [0.3, 0.4) is 0 Å². The Morgan fingerprint density at radius 1 is 1.60 bits per heavy atom. The van der Waals surface area contributed by atoms with Crippen molar-refractivity contribution in [1.29, 1.82) is 5.26 Å². The summed E-state index contributed by atoms with van der Waals surface area (Å²) < 4.78 is 6.04. The van der Waals surface area contributed by atoms with Gasteiger partial charge < -0.3 is 4.74 Å². The number of nitriles is 1. The number of carbonyl (C=O) groups excluding carboxylic acids is 1. The highest BCUT2D eigenvalue weighted by Crippen LogP contribution is 2.26. The highest BCUT2D eigenvalue weighted by atomic mass is 127. The molecule has 1 rings (SSSR count). The largest absolute Gasteiger partial charge is 0.353 e. The molecule has 0 aromatic heterocycles. The lowest BCUT2D eigenvalue weighted by Crippen LogP contribution is -2.34. The Balaban J connectivity index is 3.34. The first-order valence-corrected chi connectivity index (χ1v) is 5.38. The molecule has 4 heteroatoms. The van der Waals surface area contributed by atoms with Crippen LogP contribution in [0.2, 0.25) is 0 Å². The van der Waals surface area contributed by atoms with Crippen molar-refractivity contribution in [2.75, 3.05) is 7.11 Å². The predicted octanol–water partition coefficient (Wildman–Crippen LogP) is 2.25. The van der Waals surface area contributed by atoms with Gasteiger partial charge in [0, 0.05) is 16.2 Å². The molecule has 0 fully saturated rings. The molecular formula is C11H10INO2. The Morgan fingerprint density at radius 3 is 2.67 bits per heavy atom. The molecule has 0 amide bonds. The van der Waals surface area contributed by atoms with E-state index < -0.39 is 5.60 Å². The molecule has 78 valence electrons. The molecule has 1 aromatic rings. The van der Waals surface area contributed by atoms with Gasteiger partial charge in [0.1, 0.15) is 6.07 Å². The molecule has 0 N–H and O–H groups in total. The smallest absolute Gasteiger partial charge is 0.238 e. The summed E-state index contributed by atoms with van der Waals surface area (Å²) in [6, 6.07) is 9.11. The van der Waals surface area contributed by atoms with Crippen LogP contribution in [-0.4, -0.2) is 12.9 Å². The number of carbonyl (C=O) groups is 1. The topological polar surface area (TPSA) is 50.1 Å². The molecular weight excluding hydrogens is 305 g/mol. The molecule has 15 heavy (non-hydrogen) atoms. The van der Waals surface area contributed by atoms with Crippen molar-refractivity contribution < 1.29 is 9.53 Å². The predicted molar refractivity (Wildman–Crippen MR) is 64.1 cm³/mol. The number of ether oxygens (including phenoxy) is 1. The van der Waals surface area contributed by atoms with E-state index in [1.807, 2.05) is 12.1 Å². The lowest BCUT2D eigenvalue weighted by molar-refractivity contribution is -0.133. The second kappa shape index (κ2) is 4.73. The van der Waals surface area contributed by atoms with Crippen LogP contribution in [0.25, 0.3) is 0 Å². The van der Waals surface area contributed by atoms with Crippen LogP contribution in [0, 0.1) is 14.9 Å². The summed E-state index contributed by atoms with van der Waals surface area (Å²) in [6.45, 7) is 1.35. The quantitative estimate of drug-likeness (QED) is 0.804. The SMILES string of the molecule is COC(C#N)(C(C)=O)c1cccc(I)c1. The number of methoxy groups -OCH3 is 1. The van der Waals surface area contributed by atoms with Crippen molar-refractivity contribution in [2.24, 2.45) is 0 Å². The number of nitrogens with zero attached hydrogens (tertiary/aromatic N) is 1. The lowest BCUT2D eigenvalue weighted by atomic mass is 9.91. The number of hydrogen-bond acceptors (Lipinski definition) is 3. The number of benzene rings is 1. The van der Waals surface area contributed by atoms with E-state index in [-0.39, 0.29) is 5.78 Å². The average Bonchev–Trinajstić information content (AvgIpc) is 2.20. The third-order valence-corrected chi connectivity index (χ3v) is 2.86. The standard InChI is InChI=1S/C11H10INO2/c1-8(14)11(7-13,15-2)9-4-3-5-10(12)6-9/h3-6H,1-2H3. The van der Waals surface area contributed by atoms with Gasteiger partial charge in [0.25, 0.3) is 0 Å². The molecule has 0 aliphatic heterocycles. The Hall–Kier alpha value is -0.930. The van der Waals surface area contributed by atoms with Crippen LogP contribution in [0.4, 0.5) is 0 Å². The number of rotatable bonds is 3. The molecule has 0 saturated carbocycles. The first-order valence-electron chi connectivity index (χ1n) is 4.30. The molecule has 0 aliphatic carbocycles. The van der Waals surface area contributed by atoms with E-state index in [0.717, 1.165) is 3.57 Å². The van der Waals surface area contributed by atoms with E-state index in [1.54, 1.807) is 18.2 Å². The van der Waals surface area contributed by atoms with Gasteiger partial charge >= 0.3 is 0 Å². The fourth-order valence-electron chi connectivity index (χ4n) is 1.36. The zero-order valence-electron chi connectivity index (χ0n) is 8.45. The van der Waals surface area contributed by atoms with E-state index in [1.165, 1.54) is 14.0 Å². The number of halogens is 1. The number of ketones is 1. The average molecular weight is 315 g/mol. The van der Waals surface area contributed by atoms with Crippen LogP contribution < -0.4 is 0 Å². The Morgan fingerprint density at radius 2 is 2.27 bits per heavy atom. The Labute approximate surface area is 102 Å². The van der Waals surface area contributed by atoms with E-state index in [2.05, 4.69) is 22.6 Å². The maximum atomic E-state index is 11.5. The highest BCUT2D eigenvalue weighted by molar-refractivity contribution is 14.1. The molecule has 1 atom stereocenters. The lowest BCUT2D eigenvalue weighted by Gasteiger charge is -2.22. The van der Waals surface area contributed by atoms with E-state index in [9.17, 15) is 4.79 Å². The molecule has 0 radical (unpaired) electrons. The minimum Gasteiger partial charge on any atom is -0.353 e. The Bertz CT molecular complexity index is 425. The molecule has 1 unspecified atom stereocenters. The summed E-state index contributed by atoms with van der Waals surface area (Å²) in [5.74, 6) is -0.311. The van der Waals surface area contributed by atoms with Crippen molar-refractivity contribution >= 4 is 28.4 Å². The van der Waals surface area contributed by atoms with E-state index in [0.29, 0.717) is 5.56 Å². The third kappa shape index (κ3) is 2.19. The van der Waals surface area contributed by atoms with Crippen LogP contribution in [0.15, 0.2) is 24.3 Å². The monoisotopic (exact) mass is 315 g/mol. The maximum absolute atomic E-state index is 11.5. The zero-order chi connectivity index (χ0) is 11.5. The van der Waals surface area contributed by atoms with Gasteiger partial charge in [-0.15, -0.1) is 0 Å². The summed E-state index contributed by atoms with van der Waals surface area (Å²) in [6.07, 6.45) is 0. The van der Waals surface area contributed by atoms with Gasteiger partial charge in [0.2, 0.25) is 5.60 Å². The number of hydrogen-bond donors (Lipinski definition) is 0. The van der Waals surface area contributed by atoms with Crippen LogP contribution in [0.5, 0.6) is 0 Å². The van der Waals surface area contributed by atoms with Crippen LogP contribution in [0.1, 0.15) is 12.5 Å². The highest BCUT2D eigenvalue weighted by Gasteiger charge is 2.37. The summed E-state index contributed by atoms with van der Waals surface area (Å²) in [5, 5.41) is 9.09. The first kappa shape index (κ1) is 12.1. The molecule has 3 nitrogen and oxygen atoms in total. The van der Waals surface area contributed by atoms with Crippen molar-refractivity contribution in [3.63, 3.8) is 0 Å². The van der Waals surface area contributed by atoms with Gasteiger partial charge in [-0.3, -0.25) is 4.79 Å². The minimum absolute atomic E-state index is 0.311. The van der Waals surface area contributed by atoms with Gasteiger partial charge in [-0.25, -0.2) is 0 Å².